The molecule has 1 aliphatic heterocycles. The molecule has 0 saturated heterocycles. The van der Waals surface area contributed by atoms with E-state index in [1.807, 2.05) is 24.3 Å². The van der Waals surface area contributed by atoms with Crippen LogP contribution in [0.2, 0.25) is 0 Å². The molecule has 2 aromatic carbocycles. The first-order chi connectivity index (χ1) is 10.7. The molecule has 108 valence electrons. The lowest BCUT2D eigenvalue weighted by molar-refractivity contribution is 0.562. The van der Waals surface area contributed by atoms with Gasteiger partial charge in [-0.25, -0.2) is 5.10 Å². The summed E-state index contributed by atoms with van der Waals surface area (Å²) in [4.78, 5) is 25.9. The molecule has 0 aliphatic carbocycles. The summed E-state index contributed by atoms with van der Waals surface area (Å²) in [6, 6.07) is 14.5. The monoisotopic (exact) mass is 292 g/mol. The van der Waals surface area contributed by atoms with Crippen LogP contribution in [0, 0.1) is 0 Å². The summed E-state index contributed by atoms with van der Waals surface area (Å²) in [5.41, 5.74) is 2.36. The molecular formula is C16H12N4O2. The number of fused-ring (bicyclic) bond motifs is 2. The van der Waals surface area contributed by atoms with E-state index in [9.17, 15) is 9.59 Å². The zero-order valence-electron chi connectivity index (χ0n) is 11.5. The second-order valence-electron chi connectivity index (χ2n) is 4.98. The molecule has 0 fully saturated rings. The molecule has 0 atom stereocenters. The van der Waals surface area contributed by atoms with Crippen LogP contribution in [0.3, 0.4) is 0 Å². The summed E-state index contributed by atoms with van der Waals surface area (Å²) in [5.74, 6) is 0. The Labute approximate surface area is 124 Å². The van der Waals surface area contributed by atoms with Crippen molar-refractivity contribution in [2.75, 3.05) is 5.12 Å². The average molecular weight is 292 g/mol. The summed E-state index contributed by atoms with van der Waals surface area (Å²) in [7, 11) is 0. The maximum atomic E-state index is 12.6. The number of nitrogens with one attached hydrogen (secondary N) is 2. The first kappa shape index (κ1) is 12.5. The largest absolute Gasteiger partial charge is 0.294 e. The van der Waals surface area contributed by atoms with E-state index in [1.54, 1.807) is 36.7 Å². The van der Waals surface area contributed by atoms with Crippen molar-refractivity contribution in [2.24, 2.45) is 0 Å². The highest BCUT2D eigenvalue weighted by atomic mass is 16.2. The lowest BCUT2D eigenvalue weighted by Crippen LogP contribution is -2.53. The van der Waals surface area contributed by atoms with E-state index in [0.717, 1.165) is 15.2 Å². The van der Waals surface area contributed by atoms with Gasteiger partial charge in [0.2, 0.25) is 0 Å². The van der Waals surface area contributed by atoms with Crippen LogP contribution in [0.4, 0.5) is 0 Å². The lowest BCUT2D eigenvalue weighted by atomic mass is 10.2. The maximum absolute atomic E-state index is 12.6. The third-order valence-corrected chi connectivity index (χ3v) is 3.63. The SMILES string of the molecule is O=c1[nH]n(N2C=c3ccccc3=CN2)c(=O)c2ccccc12. The van der Waals surface area contributed by atoms with Crippen LogP contribution >= 0.6 is 0 Å². The fraction of sp³-hybridized carbons (Fsp3) is 0. The van der Waals surface area contributed by atoms with E-state index >= 15 is 0 Å². The normalized spacial score (nSPS) is 13.0. The lowest BCUT2D eigenvalue weighted by Gasteiger charge is -2.23. The van der Waals surface area contributed by atoms with Crippen molar-refractivity contribution in [1.82, 2.24) is 15.3 Å². The Balaban J connectivity index is 1.97. The quantitative estimate of drug-likeness (QED) is 0.624. The molecule has 0 amide bonds. The molecule has 0 spiro atoms. The van der Waals surface area contributed by atoms with E-state index in [2.05, 4.69) is 10.5 Å². The van der Waals surface area contributed by atoms with Crippen LogP contribution in [0.25, 0.3) is 23.2 Å². The van der Waals surface area contributed by atoms with Crippen molar-refractivity contribution in [3.05, 3.63) is 79.7 Å². The summed E-state index contributed by atoms with van der Waals surface area (Å²) >= 11 is 0. The van der Waals surface area contributed by atoms with Gasteiger partial charge < -0.3 is 0 Å². The molecular weight excluding hydrogens is 280 g/mol. The molecule has 6 nitrogen and oxygen atoms in total. The smallest absolute Gasteiger partial charge is 0.285 e. The van der Waals surface area contributed by atoms with Crippen LogP contribution in [0.1, 0.15) is 0 Å². The van der Waals surface area contributed by atoms with Gasteiger partial charge in [-0.05, 0) is 12.1 Å². The number of nitrogens with zero attached hydrogens (tertiary/aromatic N) is 2. The first-order valence-corrected chi connectivity index (χ1v) is 6.81. The minimum Gasteiger partial charge on any atom is -0.285 e. The Hall–Kier alpha value is -3.28. The van der Waals surface area contributed by atoms with Gasteiger partial charge in [-0.3, -0.25) is 15.0 Å². The summed E-state index contributed by atoms with van der Waals surface area (Å²) in [6.07, 6.45) is 3.52. The van der Waals surface area contributed by atoms with Crippen molar-refractivity contribution < 1.29 is 0 Å². The molecule has 6 heteroatoms. The molecule has 0 saturated carbocycles. The minimum absolute atomic E-state index is 0.299. The van der Waals surface area contributed by atoms with Gasteiger partial charge in [0, 0.05) is 16.6 Å². The molecule has 4 rings (SSSR count). The zero-order valence-corrected chi connectivity index (χ0v) is 11.5. The summed E-state index contributed by atoms with van der Waals surface area (Å²) in [6.45, 7) is 0. The standard InChI is InChI=1S/C16H12N4O2/c21-15-13-7-3-4-8-14(13)16(22)20(18-15)19-10-12-6-2-1-5-11(12)9-17-19/h1-10,17H,(H,18,21). The molecule has 0 radical (unpaired) electrons. The topological polar surface area (TPSA) is 70.1 Å². The third-order valence-electron chi connectivity index (χ3n) is 3.63. The van der Waals surface area contributed by atoms with Gasteiger partial charge in [0.25, 0.3) is 11.1 Å². The van der Waals surface area contributed by atoms with Gasteiger partial charge in [-0.2, -0.15) is 5.12 Å². The number of hydrogen-bond acceptors (Lipinski definition) is 4. The Bertz CT molecular complexity index is 1110. The van der Waals surface area contributed by atoms with E-state index in [-0.39, 0.29) is 11.1 Å². The van der Waals surface area contributed by atoms with Gasteiger partial charge in [-0.15, -0.1) is 4.79 Å². The van der Waals surface area contributed by atoms with Crippen molar-refractivity contribution in [3.8, 4) is 0 Å². The highest BCUT2D eigenvalue weighted by molar-refractivity contribution is 5.80. The fourth-order valence-corrected chi connectivity index (χ4v) is 2.52. The predicted molar refractivity (Wildman–Crippen MR) is 84.8 cm³/mol. The van der Waals surface area contributed by atoms with Crippen LogP contribution in [0.15, 0.2) is 58.1 Å². The molecule has 2 heterocycles. The zero-order chi connectivity index (χ0) is 15.1. The van der Waals surface area contributed by atoms with Crippen LogP contribution < -0.4 is 32.1 Å². The number of rotatable bonds is 1. The van der Waals surface area contributed by atoms with Crippen molar-refractivity contribution in [2.45, 2.75) is 0 Å². The van der Waals surface area contributed by atoms with Gasteiger partial charge in [-0.1, -0.05) is 36.4 Å². The second kappa shape index (κ2) is 4.63. The maximum Gasteiger partial charge on any atom is 0.294 e. The van der Waals surface area contributed by atoms with E-state index in [4.69, 9.17) is 0 Å². The van der Waals surface area contributed by atoms with E-state index in [1.165, 1.54) is 5.12 Å². The Morgan fingerprint density at radius 3 is 2.32 bits per heavy atom. The molecule has 2 N–H and O–H groups in total. The number of hydrogen-bond donors (Lipinski definition) is 2. The van der Waals surface area contributed by atoms with Crippen molar-refractivity contribution in [1.29, 1.82) is 0 Å². The number of H-pyrrole nitrogens is 1. The number of aromatic amines is 1. The van der Waals surface area contributed by atoms with Crippen LogP contribution in [-0.4, -0.2) is 9.89 Å². The fourth-order valence-electron chi connectivity index (χ4n) is 2.52. The third kappa shape index (κ3) is 1.81. The first-order valence-electron chi connectivity index (χ1n) is 6.81. The van der Waals surface area contributed by atoms with E-state index < -0.39 is 0 Å². The average Bonchev–Trinajstić information content (AvgIpc) is 2.58. The number of benzene rings is 2. The Morgan fingerprint density at radius 1 is 0.818 bits per heavy atom. The second-order valence-corrected chi connectivity index (χ2v) is 4.98. The molecule has 0 unspecified atom stereocenters. The summed E-state index contributed by atoms with van der Waals surface area (Å²) < 4.78 is 0. The number of aromatic nitrogens is 2. The Kier molecular flexibility index (Phi) is 2.62. The van der Waals surface area contributed by atoms with E-state index in [0.29, 0.717) is 10.8 Å². The predicted octanol–water partition coefficient (Wildman–Crippen LogP) is -0.678. The van der Waals surface area contributed by atoms with Crippen molar-refractivity contribution in [3.63, 3.8) is 0 Å². The highest BCUT2D eigenvalue weighted by Crippen LogP contribution is 2.02. The summed E-state index contributed by atoms with van der Waals surface area (Å²) in [5, 5.41) is 6.75. The Morgan fingerprint density at radius 2 is 1.50 bits per heavy atom. The number of hydrazine groups is 1. The van der Waals surface area contributed by atoms with Gasteiger partial charge in [0.1, 0.15) is 0 Å². The minimum atomic E-state index is -0.316. The van der Waals surface area contributed by atoms with Crippen LogP contribution in [-0.2, 0) is 0 Å². The molecule has 1 aromatic heterocycles. The molecule has 0 bridgehead atoms. The molecule has 1 aliphatic rings. The van der Waals surface area contributed by atoms with Crippen LogP contribution in [0.5, 0.6) is 0 Å². The molecule has 22 heavy (non-hydrogen) atoms. The van der Waals surface area contributed by atoms with Crippen molar-refractivity contribution >= 4 is 23.2 Å². The van der Waals surface area contributed by atoms with Gasteiger partial charge in [0.15, 0.2) is 0 Å². The van der Waals surface area contributed by atoms with Gasteiger partial charge >= 0.3 is 0 Å². The molecule has 3 aromatic rings. The van der Waals surface area contributed by atoms with Gasteiger partial charge in [0.05, 0.1) is 17.0 Å². The highest BCUT2D eigenvalue weighted by Gasteiger charge is 2.11.